The highest BCUT2D eigenvalue weighted by Crippen LogP contribution is 2.38. The van der Waals surface area contributed by atoms with Crippen molar-refractivity contribution < 1.29 is 13.2 Å². The van der Waals surface area contributed by atoms with Crippen LogP contribution in [0.25, 0.3) is 0 Å². The molecule has 3 nitrogen and oxygen atoms in total. The van der Waals surface area contributed by atoms with Gasteiger partial charge in [0.15, 0.2) is 9.84 Å². The van der Waals surface area contributed by atoms with Gasteiger partial charge in [0, 0.05) is 0 Å². The minimum atomic E-state index is -3.54. The standard InChI is InChI=1S/C13H16O3S/c1-11-5-4-6-12(9-11)17(15,16)13(10-14)7-2-3-8-13/h4-6,9-10H,2-3,7-8H2,1H3. The highest BCUT2D eigenvalue weighted by Gasteiger charge is 2.46. The number of rotatable bonds is 3. The zero-order valence-electron chi connectivity index (χ0n) is 9.85. The minimum Gasteiger partial charge on any atom is -0.302 e. The topological polar surface area (TPSA) is 51.2 Å². The van der Waals surface area contributed by atoms with Crippen molar-refractivity contribution in [3.8, 4) is 0 Å². The molecule has 0 heterocycles. The lowest BCUT2D eigenvalue weighted by Gasteiger charge is -2.22. The summed E-state index contributed by atoms with van der Waals surface area (Å²) in [7, 11) is -3.54. The Kier molecular flexibility index (Phi) is 3.08. The fourth-order valence-electron chi connectivity index (χ4n) is 2.44. The summed E-state index contributed by atoms with van der Waals surface area (Å²) >= 11 is 0. The van der Waals surface area contributed by atoms with Crippen LogP contribution in [0.5, 0.6) is 0 Å². The van der Waals surface area contributed by atoms with E-state index in [1.807, 2.05) is 13.0 Å². The molecule has 92 valence electrons. The number of hydrogen-bond donors (Lipinski definition) is 0. The Hall–Kier alpha value is -1.16. The van der Waals surface area contributed by atoms with Crippen LogP contribution >= 0.6 is 0 Å². The maximum atomic E-state index is 12.5. The van der Waals surface area contributed by atoms with Crippen molar-refractivity contribution >= 4 is 16.1 Å². The molecule has 0 amide bonds. The third-order valence-corrected chi connectivity index (χ3v) is 5.95. The van der Waals surface area contributed by atoms with Gasteiger partial charge in [-0.25, -0.2) is 8.42 Å². The van der Waals surface area contributed by atoms with E-state index in [1.54, 1.807) is 18.2 Å². The second-order valence-electron chi connectivity index (χ2n) is 4.71. The van der Waals surface area contributed by atoms with Crippen LogP contribution < -0.4 is 0 Å². The van der Waals surface area contributed by atoms with Gasteiger partial charge < -0.3 is 4.79 Å². The second-order valence-corrected chi connectivity index (χ2v) is 7.00. The predicted molar refractivity (Wildman–Crippen MR) is 65.6 cm³/mol. The van der Waals surface area contributed by atoms with Gasteiger partial charge in [-0.05, 0) is 37.5 Å². The molecule has 0 bridgehead atoms. The SMILES string of the molecule is Cc1cccc(S(=O)(=O)C2(C=O)CCCC2)c1. The molecule has 17 heavy (non-hydrogen) atoms. The summed E-state index contributed by atoms with van der Waals surface area (Å²) in [6.45, 7) is 1.85. The van der Waals surface area contributed by atoms with Crippen molar-refractivity contribution in [3.63, 3.8) is 0 Å². The number of hydrogen-bond acceptors (Lipinski definition) is 3. The molecule has 0 radical (unpaired) electrons. The van der Waals surface area contributed by atoms with Crippen LogP contribution in [0.15, 0.2) is 29.2 Å². The van der Waals surface area contributed by atoms with Gasteiger partial charge in [-0.15, -0.1) is 0 Å². The van der Waals surface area contributed by atoms with Gasteiger partial charge in [-0.1, -0.05) is 25.0 Å². The average Bonchev–Trinajstić information content (AvgIpc) is 2.79. The summed E-state index contributed by atoms with van der Waals surface area (Å²) in [4.78, 5) is 11.5. The molecule has 0 unspecified atom stereocenters. The highest BCUT2D eigenvalue weighted by atomic mass is 32.2. The van der Waals surface area contributed by atoms with Crippen molar-refractivity contribution in [2.24, 2.45) is 0 Å². The van der Waals surface area contributed by atoms with Gasteiger partial charge in [0.05, 0.1) is 4.90 Å². The average molecular weight is 252 g/mol. The van der Waals surface area contributed by atoms with Gasteiger partial charge >= 0.3 is 0 Å². The molecule has 0 aromatic heterocycles. The van der Waals surface area contributed by atoms with Crippen LogP contribution in [0.3, 0.4) is 0 Å². The largest absolute Gasteiger partial charge is 0.302 e. The number of carbonyl (C=O) groups is 1. The van der Waals surface area contributed by atoms with E-state index in [-0.39, 0.29) is 4.90 Å². The monoisotopic (exact) mass is 252 g/mol. The van der Waals surface area contributed by atoms with E-state index >= 15 is 0 Å². The number of benzene rings is 1. The summed E-state index contributed by atoms with van der Waals surface area (Å²) < 4.78 is 23.8. The molecule has 1 aliphatic carbocycles. The normalized spacial score (nSPS) is 19.1. The molecular formula is C13H16O3S. The lowest BCUT2D eigenvalue weighted by atomic mass is 10.1. The molecule has 0 N–H and O–H groups in total. The van der Waals surface area contributed by atoms with Crippen LogP contribution in [0.2, 0.25) is 0 Å². The highest BCUT2D eigenvalue weighted by molar-refractivity contribution is 7.93. The van der Waals surface area contributed by atoms with Crippen LogP contribution in [-0.4, -0.2) is 19.5 Å². The van der Waals surface area contributed by atoms with Crippen LogP contribution in [0, 0.1) is 6.92 Å². The first-order valence-electron chi connectivity index (χ1n) is 5.79. The molecule has 4 heteroatoms. The molecule has 0 spiro atoms. The van der Waals surface area contributed by atoms with Crippen molar-refractivity contribution in [2.75, 3.05) is 0 Å². The molecule has 0 aliphatic heterocycles. The molecule has 1 aromatic carbocycles. The van der Waals surface area contributed by atoms with E-state index in [1.165, 1.54) is 0 Å². The Morgan fingerprint density at radius 3 is 2.41 bits per heavy atom. The zero-order chi connectivity index (χ0) is 12.5. The first-order valence-corrected chi connectivity index (χ1v) is 7.28. The molecule has 0 atom stereocenters. The maximum absolute atomic E-state index is 12.5. The van der Waals surface area contributed by atoms with Crippen molar-refractivity contribution in [1.82, 2.24) is 0 Å². The predicted octanol–water partition coefficient (Wildman–Crippen LogP) is 2.28. The van der Waals surface area contributed by atoms with Gasteiger partial charge in [-0.2, -0.15) is 0 Å². The first kappa shape index (κ1) is 12.3. The fraction of sp³-hybridized carbons (Fsp3) is 0.462. The Labute approximate surface area is 102 Å². The lowest BCUT2D eigenvalue weighted by molar-refractivity contribution is -0.109. The van der Waals surface area contributed by atoms with E-state index < -0.39 is 14.6 Å². The van der Waals surface area contributed by atoms with Crippen molar-refractivity contribution in [1.29, 1.82) is 0 Å². The molecule has 1 aliphatic rings. The van der Waals surface area contributed by atoms with E-state index in [9.17, 15) is 13.2 Å². The third kappa shape index (κ3) is 1.90. The number of aryl methyl sites for hydroxylation is 1. The number of aldehydes is 1. The number of carbonyl (C=O) groups excluding carboxylic acids is 1. The van der Waals surface area contributed by atoms with Crippen LogP contribution in [0.1, 0.15) is 31.2 Å². The maximum Gasteiger partial charge on any atom is 0.190 e. The molecule has 2 rings (SSSR count). The van der Waals surface area contributed by atoms with Gasteiger partial charge in [0.2, 0.25) is 0 Å². The summed E-state index contributed by atoms with van der Waals surface area (Å²) in [5.41, 5.74) is 0.894. The Balaban J connectivity index is 2.52. The van der Waals surface area contributed by atoms with Crippen molar-refractivity contribution in [3.05, 3.63) is 29.8 Å². The molecule has 1 aromatic rings. The molecule has 1 fully saturated rings. The summed E-state index contributed by atoms with van der Waals surface area (Å²) in [6.07, 6.45) is 3.16. The minimum absolute atomic E-state index is 0.270. The quantitative estimate of drug-likeness (QED) is 0.775. The summed E-state index contributed by atoms with van der Waals surface area (Å²) in [5, 5.41) is 0. The Morgan fingerprint density at radius 1 is 1.24 bits per heavy atom. The summed E-state index contributed by atoms with van der Waals surface area (Å²) in [5.74, 6) is 0. The zero-order valence-corrected chi connectivity index (χ0v) is 10.7. The molecule has 1 saturated carbocycles. The third-order valence-electron chi connectivity index (χ3n) is 3.50. The Morgan fingerprint density at radius 2 is 1.88 bits per heavy atom. The molecule has 0 saturated heterocycles. The van der Waals surface area contributed by atoms with Gasteiger partial charge in [-0.3, -0.25) is 0 Å². The lowest BCUT2D eigenvalue weighted by Crippen LogP contribution is -2.37. The second kappa shape index (κ2) is 4.26. The van der Waals surface area contributed by atoms with Gasteiger partial charge in [0.1, 0.15) is 11.0 Å². The number of sulfone groups is 1. The first-order chi connectivity index (χ1) is 8.02. The van der Waals surface area contributed by atoms with Crippen LogP contribution in [-0.2, 0) is 14.6 Å². The van der Waals surface area contributed by atoms with Crippen LogP contribution in [0.4, 0.5) is 0 Å². The van der Waals surface area contributed by atoms with E-state index in [2.05, 4.69) is 0 Å². The smallest absolute Gasteiger partial charge is 0.190 e. The van der Waals surface area contributed by atoms with E-state index in [4.69, 9.17) is 0 Å². The fourth-order valence-corrected chi connectivity index (χ4v) is 4.46. The van der Waals surface area contributed by atoms with E-state index in [0.717, 1.165) is 18.4 Å². The van der Waals surface area contributed by atoms with Gasteiger partial charge in [0.25, 0.3) is 0 Å². The Bertz CT molecular complexity index is 525. The molecular weight excluding hydrogens is 236 g/mol. The van der Waals surface area contributed by atoms with E-state index in [0.29, 0.717) is 19.1 Å². The summed E-state index contributed by atoms with van der Waals surface area (Å²) in [6, 6.07) is 6.78. The van der Waals surface area contributed by atoms with Crippen molar-refractivity contribution in [2.45, 2.75) is 42.2 Å².